The predicted molar refractivity (Wildman–Crippen MR) is 81.8 cm³/mol. The molecular formula is C14H22ClN3O2S. The highest BCUT2D eigenvalue weighted by Gasteiger charge is 2.36. The number of aryl methyl sites for hydroxylation is 1. The lowest BCUT2D eigenvalue weighted by Crippen LogP contribution is -2.34. The molecule has 118 valence electrons. The zero-order valence-electron chi connectivity index (χ0n) is 12.1. The molecule has 0 bridgehead atoms. The molecule has 21 heavy (non-hydrogen) atoms. The van der Waals surface area contributed by atoms with Gasteiger partial charge in [0.2, 0.25) is 10.0 Å². The second kappa shape index (κ2) is 6.26. The van der Waals surface area contributed by atoms with Crippen molar-refractivity contribution in [2.75, 3.05) is 19.0 Å². The summed E-state index contributed by atoms with van der Waals surface area (Å²) in [7, 11) is -3.40. The Morgan fingerprint density at radius 2 is 1.86 bits per heavy atom. The average molecular weight is 332 g/mol. The van der Waals surface area contributed by atoms with Crippen LogP contribution in [0.5, 0.6) is 0 Å². The van der Waals surface area contributed by atoms with Crippen LogP contribution in [0.1, 0.15) is 32.1 Å². The molecule has 3 rings (SSSR count). The van der Waals surface area contributed by atoms with Crippen LogP contribution in [0.4, 0.5) is 0 Å². The highest BCUT2D eigenvalue weighted by molar-refractivity contribution is 7.89. The molecule has 1 heterocycles. The summed E-state index contributed by atoms with van der Waals surface area (Å²) in [4.78, 5) is 0.318. The fourth-order valence-corrected chi connectivity index (χ4v) is 4.09. The number of nitrogens with zero attached hydrogens (tertiary/aromatic N) is 3. The van der Waals surface area contributed by atoms with Crippen molar-refractivity contribution < 1.29 is 8.42 Å². The topological polar surface area (TPSA) is 55.2 Å². The van der Waals surface area contributed by atoms with Crippen LogP contribution in [0.3, 0.4) is 0 Å². The predicted octanol–water partition coefficient (Wildman–Crippen LogP) is 2.32. The first-order chi connectivity index (χ1) is 10.1. The zero-order valence-corrected chi connectivity index (χ0v) is 13.7. The largest absolute Gasteiger partial charge is 0.271 e. The number of hydrogen-bond donors (Lipinski definition) is 0. The summed E-state index contributed by atoms with van der Waals surface area (Å²) in [5.41, 5.74) is 0. The van der Waals surface area contributed by atoms with Crippen molar-refractivity contribution in [1.29, 1.82) is 0 Å². The average Bonchev–Trinajstić information content (AvgIpc) is 3.38. The van der Waals surface area contributed by atoms with Gasteiger partial charge in [-0.15, -0.1) is 11.6 Å². The smallest absolute Gasteiger partial charge is 0.246 e. The summed E-state index contributed by atoms with van der Waals surface area (Å²) in [5, 5.41) is 4.14. The SMILES string of the molecule is O=S(=O)(c1cnn(CCCCl)c1)N(CC1CC1)CC1CC1. The number of sulfonamides is 1. The van der Waals surface area contributed by atoms with Crippen LogP contribution in [0.15, 0.2) is 17.3 Å². The summed E-state index contributed by atoms with van der Waals surface area (Å²) in [5.74, 6) is 1.67. The second-order valence-electron chi connectivity index (χ2n) is 6.19. The Kier molecular flexibility index (Phi) is 4.57. The van der Waals surface area contributed by atoms with Crippen LogP contribution < -0.4 is 0 Å². The van der Waals surface area contributed by atoms with E-state index in [2.05, 4.69) is 5.10 Å². The molecular weight excluding hydrogens is 310 g/mol. The van der Waals surface area contributed by atoms with E-state index in [0.717, 1.165) is 32.1 Å². The van der Waals surface area contributed by atoms with Crippen LogP contribution in [-0.4, -0.2) is 41.5 Å². The van der Waals surface area contributed by atoms with Gasteiger partial charge in [0.15, 0.2) is 0 Å². The van der Waals surface area contributed by atoms with Crippen LogP contribution >= 0.6 is 11.6 Å². The lowest BCUT2D eigenvalue weighted by Gasteiger charge is -2.21. The van der Waals surface area contributed by atoms with Gasteiger partial charge in [-0.3, -0.25) is 4.68 Å². The van der Waals surface area contributed by atoms with E-state index in [4.69, 9.17) is 11.6 Å². The molecule has 0 spiro atoms. The standard InChI is InChI=1S/C14H22ClN3O2S/c15-6-1-7-17-11-14(8-16-17)21(19,20)18(9-12-2-3-12)10-13-4-5-13/h8,11-13H,1-7,9-10H2. The number of alkyl halides is 1. The minimum Gasteiger partial charge on any atom is -0.271 e. The number of halogens is 1. The van der Waals surface area contributed by atoms with Crippen molar-refractivity contribution in [3.8, 4) is 0 Å². The van der Waals surface area contributed by atoms with E-state index < -0.39 is 10.0 Å². The maximum atomic E-state index is 12.8. The Morgan fingerprint density at radius 1 is 1.24 bits per heavy atom. The first-order valence-corrected chi connectivity index (χ1v) is 9.65. The van der Waals surface area contributed by atoms with Crippen LogP contribution in [0.2, 0.25) is 0 Å². The minimum absolute atomic E-state index is 0.318. The van der Waals surface area contributed by atoms with Crippen molar-refractivity contribution in [3.63, 3.8) is 0 Å². The van der Waals surface area contributed by atoms with Gasteiger partial charge in [-0.05, 0) is 43.9 Å². The summed E-state index contributed by atoms with van der Waals surface area (Å²) in [6, 6.07) is 0. The molecule has 2 saturated carbocycles. The molecule has 7 heteroatoms. The Hall–Kier alpha value is -0.590. The first kappa shape index (κ1) is 15.3. The molecule has 0 atom stereocenters. The Labute approximate surface area is 131 Å². The molecule has 5 nitrogen and oxygen atoms in total. The van der Waals surface area contributed by atoms with Gasteiger partial charge in [0.25, 0.3) is 0 Å². The second-order valence-corrected chi connectivity index (χ2v) is 8.51. The molecule has 0 unspecified atom stereocenters. The molecule has 1 aromatic rings. The van der Waals surface area contributed by atoms with Crippen molar-refractivity contribution in [1.82, 2.24) is 14.1 Å². The molecule has 2 fully saturated rings. The number of rotatable bonds is 9. The number of aromatic nitrogens is 2. The van der Waals surface area contributed by atoms with Crippen LogP contribution in [-0.2, 0) is 16.6 Å². The molecule has 1 aromatic heterocycles. The Bertz CT molecular complexity index is 565. The van der Waals surface area contributed by atoms with Gasteiger partial charge < -0.3 is 0 Å². The highest BCUT2D eigenvalue weighted by Crippen LogP contribution is 2.35. The maximum absolute atomic E-state index is 12.8. The normalized spacial score (nSPS) is 19.3. The quantitative estimate of drug-likeness (QED) is 0.652. The Balaban J connectivity index is 1.73. The van der Waals surface area contributed by atoms with E-state index in [-0.39, 0.29) is 0 Å². The van der Waals surface area contributed by atoms with E-state index in [1.54, 1.807) is 15.2 Å². The zero-order chi connectivity index (χ0) is 14.9. The van der Waals surface area contributed by atoms with Crippen molar-refractivity contribution in [3.05, 3.63) is 12.4 Å². The van der Waals surface area contributed by atoms with Crippen molar-refractivity contribution in [2.45, 2.75) is 43.5 Å². The fourth-order valence-electron chi connectivity index (χ4n) is 2.42. The molecule has 2 aliphatic carbocycles. The number of hydrogen-bond acceptors (Lipinski definition) is 3. The van der Waals surface area contributed by atoms with E-state index in [1.807, 2.05) is 0 Å². The van der Waals surface area contributed by atoms with E-state index in [9.17, 15) is 8.42 Å². The first-order valence-electron chi connectivity index (χ1n) is 7.68. The highest BCUT2D eigenvalue weighted by atomic mass is 35.5. The Morgan fingerprint density at radius 3 is 2.38 bits per heavy atom. The molecule has 0 amide bonds. The molecule has 0 saturated heterocycles. The maximum Gasteiger partial charge on any atom is 0.246 e. The van der Waals surface area contributed by atoms with Gasteiger partial charge >= 0.3 is 0 Å². The summed E-state index contributed by atoms with van der Waals surface area (Å²) in [6.07, 6.45) is 8.52. The summed E-state index contributed by atoms with van der Waals surface area (Å²) in [6.45, 7) is 2.00. The van der Waals surface area contributed by atoms with Gasteiger partial charge in [-0.2, -0.15) is 9.40 Å². The molecule has 2 aliphatic rings. The molecule has 0 aromatic carbocycles. The summed E-state index contributed by atoms with van der Waals surface area (Å²) >= 11 is 5.66. The fraction of sp³-hybridized carbons (Fsp3) is 0.786. The van der Waals surface area contributed by atoms with Gasteiger partial charge in [0.05, 0.1) is 6.20 Å². The third kappa shape index (κ3) is 3.99. The van der Waals surface area contributed by atoms with Gasteiger partial charge in [-0.1, -0.05) is 0 Å². The van der Waals surface area contributed by atoms with Gasteiger partial charge in [-0.25, -0.2) is 8.42 Å². The van der Waals surface area contributed by atoms with Crippen molar-refractivity contribution in [2.24, 2.45) is 11.8 Å². The monoisotopic (exact) mass is 331 g/mol. The molecule has 0 aliphatic heterocycles. The lowest BCUT2D eigenvalue weighted by atomic mass is 10.4. The summed E-state index contributed by atoms with van der Waals surface area (Å²) < 4.78 is 28.9. The van der Waals surface area contributed by atoms with Crippen LogP contribution in [0, 0.1) is 11.8 Å². The molecule has 0 radical (unpaired) electrons. The van der Waals surface area contributed by atoms with E-state index in [0.29, 0.717) is 42.2 Å². The minimum atomic E-state index is -3.40. The van der Waals surface area contributed by atoms with E-state index >= 15 is 0 Å². The van der Waals surface area contributed by atoms with Crippen molar-refractivity contribution >= 4 is 21.6 Å². The third-order valence-corrected chi connectivity index (χ3v) is 6.14. The van der Waals surface area contributed by atoms with E-state index in [1.165, 1.54) is 6.20 Å². The van der Waals surface area contributed by atoms with Gasteiger partial charge in [0.1, 0.15) is 4.90 Å². The lowest BCUT2D eigenvalue weighted by molar-refractivity contribution is 0.382. The van der Waals surface area contributed by atoms with Crippen LogP contribution in [0.25, 0.3) is 0 Å². The van der Waals surface area contributed by atoms with Gasteiger partial charge in [0, 0.05) is 31.7 Å². The third-order valence-electron chi connectivity index (χ3n) is 4.09. The molecule has 0 N–H and O–H groups in total.